The largest absolute Gasteiger partial charge is 0.497 e. The maximum Gasteiger partial charge on any atom is 0.272 e. The first-order valence-electron chi connectivity index (χ1n) is 12.9. The quantitative estimate of drug-likeness (QED) is 0.325. The number of carbonyl (C=O) groups is 2. The van der Waals surface area contributed by atoms with Gasteiger partial charge in [0.25, 0.3) is 5.91 Å². The van der Waals surface area contributed by atoms with Crippen molar-refractivity contribution >= 4 is 17.5 Å². The first kappa shape index (κ1) is 26.6. The van der Waals surface area contributed by atoms with Crippen LogP contribution in [-0.4, -0.2) is 38.7 Å². The fourth-order valence-corrected chi connectivity index (χ4v) is 4.52. The van der Waals surface area contributed by atoms with Crippen molar-refractivity contribution in [2.24, 2.45) is 0 Å². The third-order valence-corrected chi connectivity index (χ3v) is 6.62. The highest BCUT2D eigenvalue weighted by molar-refractivity contribution is 6.03. The Morgan fingerprint density at radius 2 is 1.43 bits per heavy atom. The molecule has 0 saturated heterocycles. The molecular weight excluding hydrogens is 508 g/mol. The van der Waals surface area contributed by atoms with E-state index in [1.807, 2.05) is 54.6 Å². The number of para-hydroxylation sites is 3. The van der Waals surface area contributed by atoms with Crippen LogP contribution in [0.15, 0.2) is 103 Å². The Hall–Kier alpha value is -4.98. The van der Waals surface area contributed by atoms with E-state index in [1.54, 1.807) is 62.8 Å². The Kier molecular flexibility index (Phi) is 8.15. The fraction of sp³-hybridized carbons (Fsp3) is 0.188. The van der Waals surface area contributed by atoms with Crippen molar-refractivity contribution in [3.8, 4) is 23.0 Å². The highest BCUT2D eigenvalue weighted by Crippen LogP contribution is 2.34. The molecule has 204 valence electrons. The first-order chi connectivity index (χ1) is 19.6. The molecule has 2 amide bonds. The smallest absolute Gasteiger partial charge is 0.272 e. The number of hydrogen-bond acceptors (Lipinski definition) is 6. The number of anilines is 1. The normalized spacial score (nSPS) is 14.5. The summed E-state index contributed by atoms with van der Waals surface area (Å²) in [7, 11) is 3.18. The first-order valence-corrected chi connectivity index (χ1v) is 12.9. The minimum Gasteiger partial charge on any atom is -0.497 e. The lowest BCUT2D eigenvalue weighted by Gasteiger charge is -2.35. The molecule has 1 aliphatic heterocycles. The Balaban J connectivity index is 1.50. The Bertz CT molecular complexity index is 1440. The molecule has 0 aromatic heterocycles. The number of amides is 2. The fourth-order valence-electron chi connectivity index (χ4n) is 4.52. The van der Waals surface area contributed by atoms with Crippen LogP contribution in [0.4, 0.5) is 5.69 Å². The summed E-state index contributed by atoms with van der Waals surface area (Å²) in [4.78, 5) is 29.6. The summed E-state index contributed by atoms with van der Waals surface area (Å²) >= 11 is 0. The van der Waals surface area contributed by atoms with Crippen molar-refractivity contribution in [3.63, 3.8) is 0 Å². The summed E-state index contributed by atoms with van der Waals surface area (Å²) < 4.78 is 22.5. The third-order valence-electron chi connectivity index (χ3n) is 6.62. The number of ether oxygens (including phenoxy) is 4. The van der Waals surface area contributed by atoms with Crippen LogP contribution in [0.5, 0.6) is 23.0 Å². The summed E-state index contributed by atoms with van der Waals surface area (Å²) in [5.74, 6) is 1.66. The lowest BCUT2D eigenvalue weighted by Crippen LogP contribution is -2.51. The lowest BCUT2D eigenvalue weighted by molar-refractivity contribution is -0.131. The van der Waals surface area contributed by atoms with Crippen molar-refractivity contribution < 1.29 is 28.5 Å². The van der Waals surface area contributed by atoms with Gasteiger partial charge in [-0.25, -0.2) is 0 Å². The average molecular weight is 539 g/mol. The monoisotopic (exact) mass is 538 g/mol. The maximum absolute atomic E-state index is 14.2. The standard InChI is InChI=1S/C32H30N2O6/c1-37-25-16-12-22(13-17-25)20-33-31(35)30(23-14-18-26(38-2)19-15-23)34(24-8-4-3-5-9-24)32(36)29-21-39-27-10-6-7-11-28(27)40-29/h3-19,29-30H,20-21H2,1-2H3,(H,33,35)/t29-,30+/m1/s1. The molecule has 0 bridgehead atoms. The molecule has 8 heteroatoms. The van der Waals surface area contributed by atoms with Gasteiger partial charge in [-0.05, 0) is 59.7 Å². The van der Waals surface area contributed by atoms with E-state index >= 15 is 0 Å². The highest BCUT2D eigenvalue weighted by atomic mass is 16.6. The van der Waals surface area contributed by atoms with Gasteiger partial charge in [0.1, 0.15) is 24.1 Å². The molecule has 1 N–H and O–H groups in total. The second-order valence-electron chi connectivity index (χ2n) is 9.15. The predicted octanol–water partition coefficient (Wildman–Crippen LogP) is 4.93. The molecule has 0 spiro atoms. The zero-order chi connectivity index (χ0) is 27.9. The number of hydrogen-bond donors (Lipinski definition) is 1. The van der Waals surface area contributed by atoms with Crippen molar-refractivity contribution in [3.05, 3.63) is 114 Å². The molecule has 2 atom stereocenters. The van der Waals surface area contributed by atoms with Gasteiger partial charge in [-0.15, -0.1) is 0 Å². The molecule has 8 nitrogen and oxygen atoms in total. The predicted molar refractivity (Wildman–Crippen MR) is 151 cm³/mol. The van der Waals surface area contributed by atoms with Crippen LogP contribution < -0.4 is 29.2 Å². The van der Waals surface area contributed by atoms with Crippen molar-refractivity contribution in [1.29, 1.82) is 0 Å². The maximum atomic E-state index is 14.2. The molecule has 1 heterocycles. The van der Waals surface area contributed by atoms with E-state index in [2.05, 4.69) is 5.32 Å². The van der Waals surface area contributed by atoms with Gasteiger partial charge in [-0.1, -0.05) is 54.6 Å². The molecule has 1 aliphatic rings. The number of fused-ring (bicyclic) bond motifs is 1. The highest BCUT2D eigenvalue weighted by Gasteiger charge is 2.39. The second kappa shape index (κ2) is 12.3. The van der Waals surface area contributed by atoms with Gasteiger partial charge >= 0.3 is 0 Å². The van der Waals surface area contributed by atoms with E-state index in [9.17, 15) is 9.59 Å². The third kappa shape index (κ3) is 5.86. The van der Waals surface area contributed by atoms with Crippen molar-refractivity contribution in [1.82, 2.24) is 5.32 Å². The van der Waals surface area contributed by atoms with Gasteiger partial charge < -0.3 is 24.3 Å². The molecule has 4 aromatic rings. The molecule has 40 heavy (non-hydrogen) atoms. The molecule has 4 aromatic carbocycles. The van der Waals surface area contributed by atoms with E-state index in [-0.39, 0.29) is 19.1 Å². The molecule has 0 unspecified atom stereocenters. The van der Waals surface area contributed by atoms with E-state index in [0.29, 0.717) is 28.5 Å². The summed E-state index contributed by atoms with van der Waals surface area (Å²) in [6.07, 6.45) is -0.953. The van der Waals surface area contributed by atoms with Gasteiger partial charge in [0.15, 0.2) is 11.5 Å². The van der Waals surface area contributed by atoms with Gasteiger partial charge in [0.2, 0.25) is 12.0 Å². The molecule has 0 aliphatic carbocycles. The van der Waals surface area contributed by atoms with Crippen LogP contribution in [0.25, 0.3) is 0 Å². The van der Waals surface area contributed by atoms with Crippen LogP contribution >= 0.6 is 0 Å². The summed E-state index contributed by atoms with van der Waals surface area (Å²) in [5, 5.41) is 3.01. The zero-order valence-corrected chi connectivity index (χ0v) is 22.3. The summed E-state index contributed by atoms with van der Waals surface area (Å²) in [6, 6.07) is 29.8. The number of nitrogens with one attached hydrogen (secondary N) is 1. The van der Waals surface area contributed by atoms with E-state index in [0.717, 1.165) is 11.3 Å². The Labute approximate surface area is 233 Å². The number of rotatable bonds is 9. The van der Waals surface area contributed by atoms with Gasteiger partial charge in [-0.3, -0.25) is 14.5 Å². The molecule has 0 saturated carbocycles. The topological polar surface area (TPSA) is 86.3 Å². The van der Waals surface area contributed by atoms with Crippen molar-refractivity contribution in [2.75, 3.05) is 25.7 Å². The minimum absolute atomic E-state index is 0.0159. The number of nitrogens with zero attached hydrogens (tertiary/aromatic N) is 1. The molecule has 0 radical (unpaired) electrons. The van der Waals surface area contributed by atoms with Crippen LogP contribution in [0.3, 0.4) is 0 Å². The van der Waals surface area contributed by atoms with Crippen molar-refractivity contribution in [2.45, 2.75) is 18.7 Å². The SMILES string of the molecule is COc1ccc(CNC(=O)[C@H](c2ccc(OC)cc2)N(C(=O)[C@H]2COc3ccccc3O2)c2ccccc2)cc1. The van der Waals surface area contributed by atoms with Crippen LogP contribution in [0.1, 0.15) is 17.2 Å². The minimum atomic E-state index is -1.00. The lowest BCUT2D eigenvalue weighted by atomic mass is 10.0. The van der Waals surface area contributed by atoms with Gasteiger partial charge in [0.05, 0.1) is 14.2 Å². The van der Waals surface area contributed by atoms with E-state index in [4.69, 9.17) is 18.9 Å². The Morgan fingerprint density at radius 1 is 0.825 bits per heavy atom. The summed E-state index contributed by atoms with van der Waals surface area (Å²) in [5.41, 5.74) is 2.05. The van der Waals surface area contributed by atoms with Crippen LogP contribution in [-0.2, 0) is 16.1 Å². The van der Waals surface area contributed by atoms with Crippen LogP contribution in [0.2, 0.25) is 0 Å². The number of methoxy groups -OCH3 is 2. The molecule has 0 fully saturated rings. The zero-order valence-electron chi connectivity index (χ0n) is 22.3. The van der Waals surface area contributed by atoms with E-state index < -0.39 is 18.1 Å². The molecule has 5 rings (SSSR count). The summed E-state index contributed by atoms with van der Waals surface area (Å²) in [6.45, 7) is 0.282. The Morgan fingerprint density at radius 3 is 2.08 bits per heavy atom. The number of benzene rings is 4. The second-order valence-corrected chi connectivity index (χ2v) is 9.15. The van der Waals surface area contributed by atoms with Gasteiger partial charge in [-0.2, -0.15) is 0 Å². The average Bonchev–Trinajstić information content (AvgIpc) is 3.02. The number of carbonyl (C=O) groups excluding carboxylic acids is 2. The molecular formula is C32H30N2O6. The van der Waals surface area contributed by atoms with Crippen LogP contribution in [0, 0.1) is 0 Å². The van der Waals surface area contributed by atoms with E-state index in [1.165, 1.54) is 4.90 Å². The van der Waals surface area contributed by atoms with Gasteiger partial charge in [0, 0.05) is 12.2 Å².